The lowest BCUT2D eigenvalue weighted by atomic mass is 10.00. The van der Waals surface area contributed by atoms with Gasteiger partial charge in [0.1, 0.15) is 6.04 Å². The number of hydrogen-bond donors (Lipinski definition) is 1. The molecule has 1 saturated heterocycles. The van der Waals surface area contributed by atoms with Gasteiger partial charge in [-0.25, -0.2) is 4.79 Å². The van der Waals surface area contributed by atoms with Crippen molar-refractivity contribution in [1.29, 1.82) is 0 Å². The summed E-state index contributed by atoms with van der Waals surface area (Å²) in [6.07, 6.45) is 2.46. The van der Waals surface area contributed by atoms with Gasteiger partial charge >= 0.3 is 5.97 Å². The van der Waals surface area contributed by atoms with Crippen LogP contribution >= 0.6 is 0 Å². The van der Waals surface area contributed by atoms with Gasteiger partial charge in [-0.15, -0.1) is 0 Å². The maximum Gasteiger partial charge on any atom is 0.328 e. The lowest BCUT2D eigenvalue weighted by molar-refractivity contribution is -0.147. The molecule has 2 N–H and O–H groups in total. The van der Waals surface area contributed by atoms with Gasteiger partial charge in [0.15, 0.2) is 0 Å². The Morgan fingerprint density at radius 3 is 2.80 bits per heavy atom. The molecule has 0 saturated carbocycles. The van der Waals surface area contributed by atoms with Crippen molar-refractivity contribution in [2.45, 2.75) is 32.2 Å². The standard InChI is InChI=1S/C15H20N2O3/c1-10-6-7-12(16)11(9-10)14(18)17-8-4-3-5-13(17)15(19)20-2/h6-7,9,13H,3-5,8,16H2,1-2H3. The van der Waals surface area contributed by atoms with Crippen LogP contribution in [-0.2, 0) is 9.53 Å². The lowest BCUT2D eigenvalue weighted by Crippen LogP contribution is -2.48. The number of nitrogens with zero attached hydrogens (tertiary/aromatic N) is 1. The van der Waals surface area contributed by atoms with E-state index >= 15 is 0 Å². The zero-order valence-electron chi connectivity index (χ0n) is 11.9. The number of piperidine rings is 1. The summed E-state index contributed by atoms with van der Waals surface area (Å²) in [6.45, 7) is 2.47. The zero-order chi connectivity index (χ0) is 14.7. The Bertz CT molecular complexity index is 528. The third kappa shape index (κ3) is 2.76. The van der Waals surface area contributed by atoms with Crippen molar-refractivity contribution in [3.05, 3.63) is 29.3 Å². The number of amides is 1. The number of aryl methyl sites for hydroxylation is 1. The number of anilines is 1. The fourth-order valence-corrected chi connectivity index (χ4v) is 2.57. The Morgan fingerprint density at radius 2 is 2.10 bits per heavy atom. The Labute approximate surface area is 118 Å². The molecule has 1 fully saturated rings. The van der Waals surface area contributed by atoms with Crippen LogP contribution in [0.4, 0.5) is 5.69 Å². The summed E-state index contributed by atoms with van der Waals surface area (Å²) >= 11 is 0. The van der Waals surface area contributed by atoms with E-state index in [4.69, 9.17) is 10.5 Å². The van der Waals surface area contributed by atoms with Crippen LogP contribution in [0.2, 0.25) is 0 Å². The maximum atomic E-state index is 12.6. The molecule has 1 unspecified atom stereocenters. The molecule has 0 radical (unpaired) electrons. The van der Waals surface area contributed by atoms with E-state index in [0.29, 0.717) is 24.2 Å². The molecular formula is C15H20N2O3. The average Bonchev–Trinajstić information content (AvgIpc) is 2.48. The topological polar surface area (TPSA) is 72.6 Å². The Hall–Kier alpha value is -2.04. The first-order chi connectivity index (χ1) is 9.54. The molecule has 1 atom stereocenters. The third-order valence-electron chi connectivity index (χ3n) is 3.68. The van der Waals surface area contributed by atoms with Gasteiger partial charge in [0, 0.05) is 12.2 Å². The lowest BCUT2D eigenvalue weighted by Gasteiger charge is -2.34. The summed E-state index contributed by atoms with van der Waals surface area (Å²) in [5, 5.41) is 0. The van der Waals surface area contributed by atoms with Crippen LogP contribution in [0.3, 0.4) is 0 Å². The Morgan fingerprint density at radius 1 is 1.35 bits per heavy atom. The Kier molecular flexibility index (Phi) is 4.27. The summed E-state index contributed by atoms with van der Waals surface area (Å²) in [5.41, 5.74) is 7.75. The minimum absolute atomic E-state index is 0.193. The van der Waals surface area contributed by atoms with Crippen molar-refractivity contribution in [1.82, 2.24) is 4.90 Å². The minimum atomic E-state index is -0.499. The number of rotatable bonds is 2. The predicted octanol–water partition coefficient (Wildman–Crippen LogP) is 1.74. The van der Waals surface area contributed by atoms with Crippen molar-refractivity contribution >= 4 is 17.6 Å². The highest BCUT2D eigenvalue weighted by atomic mass is 16.5. The first-order valence-corrected chi connectivity index (χ1v) is 6.79. The second-order valence-corrected chi connectivity index (χ2v) is 5.12. The second kappa shape index (κ2) is 5.94. The molecule has 1 aliphatic rings. The minimum Gasteiger partial charge on any atom is -0.467 e. The maximum absolute atomic E-state index is 12.6. The van der Waals surface area contributed by atoms with E-state index in [-0.39, 0.29) is 11.9 Å². The molecule has 108 valence electrons. The molecule has 0 aliphatic carbocycles. The summed E-state index contributed by atoms with van der Waals surface area (Å²) in [4.78, 5) is 26.0. The van der Waals surface area contributed by atoms with E-state index in [1.165, 1.54) is 7.11 Å². The molecule has 2 rings (SSSR count). The highest BCUT2D eigenvalue weighted by Gasteiger charge is 2.33. The number of methoxy groups -OCH3 is 1. The van der Waals surface area contributed by atoms with E-state index in [0.717, 1.165) is 18.4 Å². The number of likely N-dealkylation sites (tertiary alicyclic amines) is 1. The number of ether oxygens (including phenoxy) is 1. The first kappa shape index (κ1) is 14.4. The number of carbonyl (C=O) groups excluding carboxylic acids is 2. The van der Waals surface area contributed by atoms with Gasteiger partial charge < -0.3 is 15.4 Å². The fourth-order valence-electron chi connectivity index (χ4n) is 2.57. The van der Waals surface area contributed by atoms with Crippen LogP contribution in [0.25, 0.3) is 0 Å². The van der Waals surface area contributed by atoms with Crippen molar-refractivity contribution in [2.75, 3.05) is 19.4 Å². The first-order valence-electron chi connectivity index (χ1n) is 6.79. The molecule has 1 heterocycles. The van der Waals surface area contributed by atoms with E-state index in [1.807, 2.05) is 13.0 Å². The molecular weight excluding hydrogens is 256 g/mol. The van der Waals surface area contributed by atoms with Crippen LogP contribution in [0.15, 0.2) is 18.2 Å². The Balaban J connectivity index is 2.30. The summed E-state index contributed by atoms with van der Waals surface area (Å²) < 4.78 is 4.80. The van der Waals surface area contributed by atoms with Gasteiger partial charge in [0.2, 0.25) is 0 Å². The van der Waals surface area contributed by atoms with E-state index in [1.54, 1.807) is 17.0 Å². The van der Waals surface area contributed by atoms with Crippen molar-refractivity contribution in [3.63, 3.8) is 0 Å². The molecule has 5 nitrogen and oxygen atoms in total. The number of nitrogen functional groups attached to an aromatic ring is 1. The number of nitrogens with two attached hydrogens (primary N) is 1. The summed E-state index contributed by atoms with van der Waals surface area (Å²) in [7, 11) is 1.35. The van der Waals surface area contributed by atoms with Crippen molar-refractivity contribution in [2.24, 2.45) is 0 Å². The van der Waals surface area contributed by atoms with Crippen LogP contribution in [0.1, 0.15) is 35.2 Å². The average molecular weight is 276 g/mol. The van der Waals surface area contributed by atoms with Crippen molar-refractivity contribution < 1.29 is 14.3 Å². The van der Waals surface area contributed by atoms with E-state index in [9.17, 15) is 9.59 Å². The normalized spacial score (nSPS) is 18.7. The van der Waals surface area contributed by atoms with Crippen molar-refractivity contribution in [3.8, 4) is 0 Å². The molecule has 0 spiro atoms. The third-order valence-corrected chi connectivity index (χ3v) is 3.68. The van der Waals surface area contributed by atoms with Gasteiger partial charge in [-0.2, -0.15) is 0 Å². The van der Waals surface area contributed by atoms with Gasteiger partial charge in [0.25, 0.3) is 5.91 Å². The molecule has 1 aromatic carbocycles. The largest absolute Gasteiger partial charge is 0.467 e. The van der Waals surface area contributed by atoms with E-state index < -0.39 is 6.04 Å². The van der Waals surface area contributed by atoms with Gasteiger partial charge in [0.05, 0.1) is 12.7 Å². The zero-order valence-corrected chi connectivity index (χ0v) is 11.9. The van der Waals surface area contributed by atoms with Gasteiger partial charge in [-0.05, 0) is 38.3 Å². The molecule has 5 heteroatoms. The smallest absolute Gasteiger partial charge is 0.328 e. The van der Waals surface area contributed by atoms with Crippen LogP contribution < -0.4 is 5.73 Å². The summed E-state index contributed by atoms with van der Waals surface area (Å²) in [5.74, 6) is -0.550. The highest BCUT2D eigenvalue weighted by molar-refractivity contribution is 6.01. The predicted molar refractivity (Wildman–Crippen MR) is 76.3 cm³/mol. The molecule has 0 bridgehead atoms. The monoisotopic (exact) mass is 276 g/mol. The van der Waals surface area contributed by atoms with Gasteiger partial charge in [-0.1, -0.05) is 11.6 Å². The SMILES string of the molecule is COC(=O)C1CCCCN1C(=O)c1cc(C)ccc1N. The summed E-state index contributed by atoms with van der Waals surface area (Å²) in [6, 6.07) is 4.85. The quantitative estimate of drug-likeness (QED) is 0.659. The molecule has 1 amide bonds. The van der Waals surface area contributed by atoms with Gasteiger partial charge in [-0.3, -0.25) is 4.79 Å². The van der Waals surface area contributed by atoms with Crippen LogP contribution in [0, 0.1) is 6.92 Å². The fraction of sp³-hybridized carbons (Fsp3) is 0.467. The molecule has 1 aliphatic heterocycles. The number of esters is 1. The second-order valence-electron chi connectivity index (χ2n) is 5.12. The number of carbonyl (C=O) groups is 2. The van der Waals surface area contributed by atoms with Crippen LogP contribution in [-0.4, -0.2) is 36.5 Å². The molecule has 20 heavy (non-hydrogen) atoms. The van der Waals surface area contributed by atoms with Crippen LogP contribution in [0.5, 0.6) is 0 Å². The molecule has 0 aromatic heterocycles. The highest BCUT2D eigenvalue weighted by Crippen LogP contribution is 2.23. The molecule has 1 aromatic rings. The van der Waals surface area contributed by atoms with E-state index in [2.05, 4.69) is 0 Å². The number of benzene rings is 1. The number of hydrogen-bond acceptors (Lipinski definition) is 4.